The highest BCUT2D eigenvalue weighted by molar-refractivity contribution is 7.80. The first kappa shape index (κ1) is 23.6. The molecule has 4 aromatic rings. The highest BCUT2D eigenvalue weighted by Gasteiger charge is 2.34. The second kappa shape index (κ2) is 10.2. The van der Waals surface area contributed by atoms with Gasteiger partial charge in [-0.1, -0.05) is 65.8 Å². The second-order valence-corrected chi connectivity index (χ2v) is 8.74. The van der Waals surface area contributed by atoms with Gasteiger partial charge in [0.25, 0.3) is 5.89 Å². The van der Waals surface area contributed by atoms with Crippen molar-refractivity contribution in [2.75, 3.05) is 14.2 Å². The van der Waals surface area contributed by atoms with Crippen molar-refractivity contribution in [3.05, 3.63) is 102 Å². The van der Waals surface area contributed by atoms with Crippen LogP contribution in [0, 0.1) is 0 Å². The lowest BCUT2D eigenvalue weighted by atomic mass is 9.94. The molecular formula is C28H26N4O3S. The third-order valence-corrected chi connectivity index (χ3v) is 6.55. The molecule has 0 bridgehead atoms. The van der Waals surface area contributed by atoms with E-state index in [1.54, 1.807) is 14.2 Å². The van der Waals surface area contributed by atoms with Crippen LogP contribution in [0.5, 0.6) is 11.5 Å². The molecule has 1 N–H and O–H groups in total. The number of nitrogens with one attached hydrogen (secondary N) is 1. The lowest BCUT2D eigenvalue weighted by Crippen LogP contribution is -2.45. The molecule has 0 amide bonds. The summed E-state index contributed by atoms with van der Waals surface area (Å²) in [4.78, 5) is 6.85. The molecule has 0 aliphatic carbocycles. The average molecular weight is 499 g/mol. The van der Waals surface area contributed by atoms with Gasteiger partial charge in [0.15, 0.2) is 16.6 Å². The molecule has 0 radical (unpaired) electrons. The van der Waals surface area contributed by atoms with Crippen LogP contribution in [0.4, 0.5) is 0 Å². The molecule has 0 saturated carbocycles. The highest BCUT2D eigenvalue weighted by Crippen LogP contribution is 2.38. The summed E-state index contributed by atoms with van der Waals surface area (Å²) >= 11 is 5.80. The summed E-state index contributed by atoms with van der Waals surface area (Å²) < 4.78 is 16.6. The molecule has 5 rings (SSSR count). The molecule has 0 saturated heterocycles. The van der Waals surface area contributed by atoms with E-state index in [1.165, 1.54) is 0 Å². The number of ether oxygens (including phenoxy) is 2. The molecule has 1 atom stereocenters. The minimum Gasteiger partial charge on any atom is -0.493 e. The maximum Gasteiger partial charge on any atom is 0.258 e. The Labute approximate surface area is 215 Å². The summed E-state index contributed by atoms with van der Waals surface area (Å²) in [5.74, 6) is 2.12. The van der Waals surface area contributed by atoms with Crippen LogP contribution < -0.4 is 14.8 Å². The first-order valence-electron chi connectivity index (χ1n) is 11.5. The Bertz CT molecular complexity index is 1400. The van der Waals surface area contributed by atoms with Crippen molar-refractivity contribution < 1.29 is 14.0 Å². The Balaban J connectivity index is 1.58. The number of thiocarbonyl (C=S) groups is 1. The summed E-state index contributed by atoms with van der Waals surface area (Å²) in [6, 6.07) is 25.6. The van der Waals surface area contributed by atoms with Crippen LogP contribution in [0.15, 0.2) is 89.1 Å². The largest absolute Gasteiger partial charge is 0.493 e. The quantitative estimate of drug-likeness (QED) is 0.329. The zero-order valence-corrected chi connectivity index (χ0v) is 21.1. The van der Waals surface area contributed by atoms with E-state index in [4.69, 9.17) is 31.2 Å². The average Bonchev–Trinajstić information content (AvgIpc) is 3.41. The smallest absolute Gasteiger partial charge is 0.258 e. The molecule has 1 aliphatic heterocycles. The minimum absolute atomic E-state index is 0.232. The number of rotatable bonds is 7. The highest BCUT2D eigenvalue weighted by atomic mass is 32.1. The van der Waals surface area contributed by atoms with E-state index >= 15 is 0 Å². The third kappa shape index (κ3) is 4.55. The predicted octanol–water partition coefficient (Wildman–Crippen LogP) is 5.62. The zero-order valence-electron chi connectivity index (χ0n) is 20.3. The Morgan fingerprint density at radius 3 is 2.33 bits per heavy atom. The molecule has 1 aliphatic rings. The molecular weight excluding hydrogens is 472 g/mol. The van der Waals surface area contributed by atoms with Gasteiger partial charge in [-0.25, -0.2) is 0 Å². The fourth-order valence-corrected chi connectivity index (χ4v) is 4.66. The van der Waals surface area contributed by atoms with Crippen molar-refractivity contribution in [3.63, 3.8) is 0 Å². The monoisotopic (exact) mass is 498 g/mol. The maximum absolute atomic E-state index is 5.84. The van der Waals surface area contributed by atoms with Crippen LogP contribution in [-0.2, 0) is 6.54 Å². The van der Waals surface area contributed by atoms with Crippen molar-refractivity contribution in [1.82, 2.24) is 20.4 Å². The van der Waals surface area contributed by atoms with Gasteiger partial charge in [-0.3, -0.25) is 0 Å². The number of hydrogen-bond donors (Lipinski definition) is 1. The number of aromatic nitrogens is 2. The van der Waals surface area contributed by atoms with Gasteiger partial charge in [-0.15, -0.1) is 0 Å². The molecule has 182 valence electrons. The van der Waals surface area contributed by atoms with Gasteiger partial charge in [0.05, 0.1) is 25.8 Å². The molecule has 1 aromatic heterocycles. The lowest BCUT2D eigenvalue weighted by molar-refractivity contribution is 0.355. The fourth-order valence-electron chi connectivity index (χ4n) is 4.34. The molecule has 3 aromatic carbocycles. The number of allylic oxidation sites excluding steroid dienone is 1. The van der Waals surface area contributed by atoms with Crippen LogP contribution in [0.1, 0.15) is 30.0 Å². The van der Waals surface area contributed by atoms with Gasteiger partial charge in [-0.05, 0) is 48.5 Å². The van der Waals surface area contributed by atoms with Crippen LogP contribution in [-0.4, -0.2) is 34.4 Å². The van der Waals surface area contributed by atoms with Gasteiger partial charge in [-0.2, -0.15) is 4.98 Å². The van der Waals surface area contributed by atoms with Crippen LogP contribution >= 0.6 is 12.2 Å². The van der Waals surface area contributed by atoms with Gasteiger partial charge in [0.1, 0.15) is 0 Å². The van der Waals surface area contributed by atoms with Crippen molar-refractivity contribution >= 4 is 22.9 Å². The Morgan fingerprint density at radius 1 is 0.944 bits per heavy atom. The Kier molecular flexibility index (Phi) is 6.69. The van der Waals surface area contributed by atoms with Crippen LogP contribution in [0.25, 0.3) is 17.0 Å². The number of hydrogen-bond acceptors (Lipinski definition) is 6. The topological polar surface area (TPSA) is 72.7 Å². The van der Waals surface area contributed by atoms with E-state index in [9.17, 15) is 0 Å². The zero-order chi connectivity index (χ0) is 25.1. The molecule has 0 spiro atoms. The van der Waals surface area contributed by atoms with E-state index < -0.39 is 0 Å². The SMILES string of the molecule is COc1ccc(-c2noc(C3=C(C)N(Cc4ccccc4)C(=S)NC3c3ccccc3)n2)cc1OC. The summed E-state index contributed by atoms with van der Waals surface area (Å²) in [7, 11) is 3.20. The van der Waals surface area contributed by atoms with Crippen molar-refractivity contribution in [1.29, 1.82) is 0 Å². The van der Waals surface area contributed by atoms with Gasteiger partial charge in [0.2, 0.25) is 5.82 Å². The van der Waals surface area contributed by atoms with Crippen molar-refractivity contribution in [2.45, 2.75) is 19.5 Å². The van der Waals surface area contributed by atoms with E-state index in [0.717, 1.165) is 28.0 Å². The van der Waals surface area contributed by atoms with E-state index in [2.05, 4.69) is 39.6 Å². The van der Waals surface area contributed by atoms with Crippen LogP contribution in [0.2, 0.25) is 0 Å². The van der Waals surface area contributed by atoms with E-state index in [0.29, 0.717) is 34.9 Å². The number of benzene rings is 3. The molecule has 1 unspecified atom stereocenters. The normalized spacial score (nSPS) is 15.6. The first-order valence-corrected chi connectivity index (χ1v) is 11.9. The number of methoxy groups -OCH3 is 2. The lowest BCUT2D eigenvalue weighted by Gasteiger charge is -2.37. The standard InChI is InChI=1S/C28H26N4O3S/c1-18-24(27-30-26(31-35-27)21-14-15-22(33-2)23(16-21)34-3)25(20-12-8-5-9-13-20)29-28(36)32(18)17-19-10-6-4-7-11-19/h4-16,25H,17H2,1-3H3,(H,29,36). The first-order chi connectivity index (χ1) is 17.6. The third-order valence-electron chi connectivity index (χ3n) is 6.21. The minimum atomic E-state index is -0.232. The molecule has 7 nitrogen and oxygen atoms in total. The molecule has 36 heavy (non-hydrogen) atoms. The fraction of sp³-hybridized carbons (Fsp3) is 0.179. The van der Waals surface area contributed by atoms with E-state index in [1.807, 2.05) is 61.5 Å². The summed E-state index contributed by atoms with van der Waals surface area (Å²) in [6.07, 6.45) is 0. The Hall–Kier alpha value is -4.17. The van der Waals surface area contributed by atoms with E-state index in [-0.39, 0.29) is 6.04 Å². The van der Waals surface area contributed by atoms with Crippen molar-refractivity contribution in [2.24, 2.45) is 0 Å². The van der Waals surface area contributed by atoms with Crippen molar-refractivity contribution in [3.8, 4) is 22.9 Å². The predicted molar refractivity (Wildman–Crippen MR) is 142 cm³/mol. The Morgan fingerprint density at radius 2 is 1.64 bits per heavy atom. The van der Waals surface area contributed by atoms with Gasteiger partial charge >= 0.3 is 0 Å². The molecule has 2 heterocycles. The summed E-state index contributed by atoms with van der Waals surface area (Å²) in [5.41, 5.74) is 4.80. The number of nitrogens with zero attached hydrogens (tertiary/aromatic N) is 3. The van der Waals surface area contributed by atoms with Gasteiger partial charge < -0.3 is 24.2 Å². The van der Waals surface area contributed by atoms with Crippen LogP contribution in [0.3, 0.4) is 0 Å². The summed E-state index contributed by atoms with van der Waals surface area (Å²) in [6.45, 7) is 2.67. The molecule has 8 heteroatoms. The molecule has 0 fully saturated rings. The maximum atomic E-state index is 5.84. The van der Waals surface area contributed by atoms with Gasteiger partial charge in [0, 0.05) is 17.8 Å². The second-order valence-electron chi connectivity index (χ2n) is 8.36. The summed E-state index contributed by atoms with van der Waals surface area (Å²) in [5, 5.41) is 8.43.